The zero-order valence-electron chi connectivity index (χ0n) is 15.6. The lowest BCUT2D eigenvalue weighted by atomic mass is 10.1. The van der Waals surface area contributed by atoms with E-state index in [0.29, 0.717) is 0 Å². The third kappa shape index (κ3) is 4.36. The maximum atomic E-state index is 4.66. The van der Waals surface area contributed by atoms with Gasteiger partial charge in [0.25, 0.3) is 0 Å². The van der Waals surface area contributed by atoms with Crippen molar-refractivity contribution >= 4 is 5.82 Å². The largest absolute Gasteiger partial charge is 0.346 e. The number of fused-ring (bicyclic) bond motifs is 1. The summed E-state index contributed by atoms with van der Waals surface area (Å²) in [6.45, 7) is 2.72. The maximum absolute atomic E-state index is 4.66. The molecule has 1 aliphatic heterocycles. The standard InChI is InChI=1S/C24H23N3/c1-26-19-27(17-21-11-6-3-7-12-21)18-23-15-22(16-25-24(23)26)14-8-13-20-9-4-2-5-10-20/h2-7,9-12,15-16H,13,17-19H2,1H3. The van der Waals surface area contributed by atoms with Gasteiger partial charge in [0.05, 0.1) is 6.67 Å². The fourth-order valence-corrected chi connectivity index (χ4v) is 3.48. The third-order valence-electron chi connectivity index (χ3n) is 4.73. The summed E-state index contributed by atoms with van der Waals surface area (Å²) in [5.41, 5.74) is 4.80. The van der Waals surface area contributed by atoms with E-state index in [1.807, 2.05) is 12.3 Å². The van der Waals surface area contributed by atoms with Gasteiger partial charge < -0.3 is 4.90 Å². The molecule has 2 aromatic carbocycles. The van der Waals surface area contributed by atoms with Gasteiger partial charge in [-0.05, 0) is 17.2 Å². The van der Waals surface area contributed by atoms with Crippen LogP contribution in [0.25, 0.3) is 0 Å². The van der Waals surface area contributed by atoms with Gasteiger partial charge in [0.15, 0.2) is 0 Å². The second kappa shape index (κ2) is 8.07. The number of rotatable bonds is 3. The molecular weight excluding hydrogens is 330 g/mol. The maximum Gasteiger partial charge on any atom is 0.133 e. The number of aromatic nitrogens is 1. The van der Waals surface area contributed by atoms with E-state index in [0.717, 1.165) is 37.6 Å². The highest BCUT2D eigenvalue weighted by atomic mass is 15.3. The van der Waals surface area contributed by atoms with E-state index in [1.54, 1.807) is 0 Å². The Kier molecular flexibility index (Phi) is 5.18. The summed E-state index contributed by atoms with van der Waals surface area (Å²) < 4.78 is 0. The molecule has 0 spiro atoms. The van der Waals surface area contributed by atoms with Crippen LogP contribution in [0.4, 0.5) is 5.82 Å². The molecule has 0 fully saturated rings. The first-order valence-corrected chi connectivity index (χ1v) is 9.27. The Balaban J connectivity index is 1.48. The minimum Gasteiger partial charge on any atom is -0.346 e. The normalized spacial score (nSPS) is 13.6. The third-order valence-corrected chi connectivity index (χ3v) is 4.73. The van der Waals surface area contributed by atoms with Crippen LogP contribution in [0.2, 0.25) is 0 Å². The second-order valence-corrected chi connectivity index (χ2v) is 6.98. The van der Waals surface area contributed by atoms with Gasteiger partial charge in [-0.1, -0.05) is 72.5 Å². The summed E-state index contributed by atoms with van der Waals surface area (Å²) in [6.07, 6.45) is 2.65. The average Bonchev–Trinajstić information content (AvgIpc) is 2.69. The van der Waals surface area contributed by atoms with Crippen LogP contribution in [0, 0.1) is 11.8 Å². The Morgan fingerprint density at radius 1 is 0.963 bits per heavy atom. The van der Waals surface area contributed by atoms with Crippen LogP contribution in [0.15, 0.2) is 72.9 Å². The van der Waals surface area contributed by atoms with Gasteiger partial charge in [-0.2, -0.15) is 0 Å². The van der Waals surface area contributed by atoms with Crippen molar-refractivity contribution in [3.05, 3.63) is 95.2 Å². The fourth-order valence-electron chi connectivity index (χ4n) is 3.48. The number of hydrogen-bond acceptors (Lipinski definition) is 3. The van der Waals surface area contributed by atoms with Crippen LogP contribution in [0.3, 0.4) is 0 Å². The highest BCUT2D eigenvalue weighted by Crippen LogP contribution is 2.25. The highest BCUT2D eigenvalue weighted by Gasteiger charge is 2.21. The van der Waals surface area contributed by atoms with Crippen molar-refractivity contribution in [2.45, 2.75) is 19.5 Å². The van der Waals surface area contributed by atoms with Crippen LogP contribution in [0.1, 0.15) is 22.3 Å². The molecule has 27 heavy (non-hydrogen) atoms. The monoisotopic (exact) mass is 353 g/mol. The van der Waals surface area contributed by atoms with Crippen LogP contribution >= 0.6 is 0 Å². The topological polar surface area (TPSA) is 19.4 Å². The zero-order valence-corrected chi connectivity index (χ0v) is 15.6. The summed E-state index contributed by atoms with van der Waals surface area (Å²) in [4.78, 5) is 9.31. The number of pyridine rings is 1. The first kappa shape index (κ1) is 17.3. The lowest BCUT2D eigenvalue weighted by Crippen LogP contribution is -2.40. The molecule has 2 heterocycles. The summed E-state index contributed by atoms with van der Waals surface area (Å²) in [5.74, 6) is 7.61. The van der Waals surface area contributed by atoms with Crippen LogP contribution in [-0.2, 0) is 19.5 Å². The highest BCUT2D eigenvalue weighted by molar-refractivity contribution is 5.52. The van der Waals surface area contributed by atoms with Crippen molar-refractivity contribution in [3.8, 4) is 11.8 Å². The smallest absolute Gasteiger partial charge is 0.133 e. The van der Waals surface area contributed by atoms with Gasteiger partial charge in [-0.3, -0.25) is 4.90 Å². The molecule has 3 aromatic rings. The van der Waals surface area contributed by atoms with Gasteiger partial charge in [0.1, 0.15) is 5.82 Å². The molecule has 0 bridgehead atoms. The summed E-state index contributed by atoms with van der Waals surface area (Å²) in [5, 5.41) is 0. The molecule has 1 aliphatic rings. The Bertz CT molecular complexity index is 955. The van der Waals surface area contributed by atoms with Crippen LogP contribution in [-0.4, -0.2) is 23.6 Å². The molecular formula is C24H23N3. The molecule has 4 rings (SSSR count). The van der Waals surface area contributed by atoms with E-state index < -0.39 is 0 Å². The van der Waals surface area contributed by atoms with Gasteiger partial charge in [-0.25, -0.2) is 4.98 Å². The van der Waals surface area contributed by atoms with Crippen molar-refractivity contribution in [1.82, 2.24) is 9.88 Å². The molecule has 0 unspecified atom stereocenters. The Hall–Kier alpha value is -3.09. The molecule has 0 saturated heterocycles. The van der Waals surface area contributed by atoms with E-state index in [-0.39, 0.29) is 0 Å². The van der Waals surface area contributed by atoms with E-state index in [4.69, 9.17) is 0 Å². The second-order valence-electron chi connectivity index (χ2n) is 6.98. The SMILES string of the molecule is CN1CN(Cc2ccccc2)Cc2cc(C#CCc3ccccc3)cnc21. The van der Waals surface area contributed by atoms with Gasteiger partial charge >= 0.3 is 0 Å². The first-order chi connectivity index (χ1) is 13.3. The first-order valence-electron chi connectivity index (χ1n) is 9.27. The molecule has 0 N–H and O–H groups in total. The molecule has 1 aromatic heterocycles. The molecule has 3 nitrogen and oxygen atoms in total. The number of nitrogens with zero attached hydrogens (tertiary/aromatic N) is 3. The molecule has 0 radical (unpaired) electrons. The molecule has 0 saturated carbocycles. The Morgan fingerprint density at radius 3 is 2.41 bits per heavy atom. The Morgan fingerprint density at radius 2 is 1.67 bits per heavy atom. The zero-order chi connectivity index (χ0) is 18.5. The van der Waals surface area contributed by atoms with E-state index >= 15 is 0 Å². The predicted molar refractivity (Wildman–Crippen MR) is 110 cm³/mol. The number of benzene rings is 2. The number of anilines is 1. The lowest BCUT2D eigenvalue weighted by Gasteiger charge is -2.35. The molecule has 3 heteroatoms. The number of hydrogen-bond donors (Lipinski definition) is 0. The van der Waals surface area contributed by atoms with Gasteiger partial charge in [-0.15, -0.1) is 0 Å². The molecule has 0 amide bonds. The van der Waals surface area contributed by atoms with Crippen LogP contribution < -0.4 is 4.90 Å². The fraction of sp³-hybridized carbons (Fsp3) is 0.208. The van der Waals surface area contributed by atoms with Crippen molar-refractivity contribution in [2.75, 3.05) is 18.6 Å². The van der Waals surface area contributed by atoms with Gasteiger partial charge in [0, 0.05) is 43.9 Å². The Labute approximate surface area is 161 Å². The molecule has 0 atom stereocenters. The summed E-state index contributed by atoms with van der Waals surface area (Å²) in [7, 11) is 2.10. The van der Waals surface area contributed by atoms with Crippen molar-refractivity contribution in [1.29, 1.82) is 0 Å². The van der Waals surface area contributed by atoms with Gasteiger partial charge in [0.2, 0.25) is 0 Å². The molecule has 0 aliphatic carbocycles. The minimum atomic E-state index is 0.762. The van der Waals surface area contributed by atoms with Crippen LogP contribution in [0.5, 0.6) is 0 Å². The minimum absolute atomic E-state index is 0.762. The summed E-state index contributed by atoms with van der Waals surface area (Å²) >= 11 is 0. The van der Waals surface area contributed by atoms with Crippen molar-refractivity contribution in [2.24, 2.45) is 0 Å². The molecule has 134 valence electrons. The lowest BCUT2D eigenvalue weighted by molar-refractivity contribution is 0.247. The quantitative estimate of drug-likeness (QED) is 0.661. The van der Waals surface area contributed by atoms with E-state index in [9.17, 15) is 0 Å². The average molecular weight is 353 g/mol. The predicted octanol–water partition coefficient (Wildman–Crippen LogP) is 4.09. The van der Waals surface area contributed by atoms with Crippen molar-refractivity contribution < 1.29 is 0 Å². The van der Waals surface area contributed by atoms with Crippen molar-refractivity contribution in [3.63, 3.8) is 0 Å². The summed E-state index contributed by atoms with van der Waals surface area (Å²) in [6, 6.07) is 23.1. The van der Waals surface area contributed by atoms with E-state index in [1.165, 1.54) is 16.7 Å². The van der Waals surface area contributed by atoms with E-state index in [2.05, 4.69) is 94.3 Å².